The number of furan rings is 1. The second-order valence-corrected chi connectivity index (χ2v) is 6.15. The van der Waals surface area contributed by atoms with E-state index in [2.05, 4.69) is 25.1 Å². The number of carbonyl (C=O) groups excluding carboxylic acids is 1. The highest BCUT2D eigenvalue weighted by atomic mass is 16.5. The summed E-state index contributed by atoms with van der Waals surface area (Å²) >= 11 is 0. The fourth-order valence-electron chi connectivity index (χ4n) is 3.20. The highest BCUT2D eigenvalue weighted by molar-refractivity contribution is 5.91. The van der Waals surface area contributed by atoms with Crippen molar-refractivity contribution in [3.05, 3.63) is 72.3 Å². The summed E-state index contributed by atoms with van der Waals surface area (Å²) in [7, 11) is 0. The number of hydrogen-bond acceptors (Lipinski definition) is 7. The summed E-state index contributed by atoms with van der Waals surface area (Å²) in [6, 6.07) is 6.49. The Balaban J connectivity index is 1.52. The number of hydrogen-bond donors (Lipinski definition) is 1. The van der Waals surface area contributed by atoms with E-state index < -0.39 is 6.04 Å². The normalized spacial score (nSPS) is 16.3. The molecule has 1 aliphatic heterocycles. The van der Waals surface area contributed by atoms with Crippen molar-refractivity contribution in [2.45, 2.75) is 19.0 Å². The van der Waals surface area contributed by atoms with E-state index in [1.165, 1.54) is 6.26 Å². The molecule has 0 bridgehead atoms. The molecule has 1 amide bonds. The third-order valence-electron chi connectivity index (χ3n) is 4.56. The van der Waals surface area contributed by atoms with Crippen molar-refractivity contribution in [3.8, 4) is 11.4 Å². The number of aromatic amines is 1. The molecule has 9 heteroatoms. The number of rotatable bonds is 3. The molecule has 1 aliphatic rings. The zero-order valence-corrected chi connectivity index (χ0v) is 14.1. The Morgan fingerprint density at radius 3 is 2.96 bits per heavy atom. The lowest BCUT2D eigenvalue weighted by molar-refractivity contribution is 0.0557. The fourth-order valence-corrected chi connectivity index (χ4v) is 3.20. The van der Waals surface area contributed by atoms with Crippen LogP contribution in [-0.4, -0.2) is 35.9 Å². The lowest BCUT2D eigenvalue weighted by Gasteiger charge is -2.32. The zero-order chi connectivity index (χ0) is 18.2. The third-order valence-corrected chi connectivity index (χ3v) is 4.56. The number of H-pyrrole nitrogens is 1. The Hall–Kier alpha value is -3.75. The molecule has 4 aromatic heterocycles. The topological polar surface area (TPSA) is 114 Å². The van der Waals surface area contributed by atoms with Gasteiger partial charge in [-0.1, -0.05) is 5.16 Å². The minimum Gasteiger partial charge on any atom is -0.459 e. The van der Waals surface area contributed by atoms with E-state index in [1.807, 2.05) is 0 Å². The van der Waals surface area contributed by atoms with Gasteiger partial charge in [-0.2, -0.15) is 4.98 Å². The van der Waals surface area contributed by atoms with Gasteiger partial charge in [0.2, 0.25) is 11.7 Å². The number of nitrogens with zero attached hydrogens (tertiary/aromatic N) is 5. The van der Waals surface area contributed by atoms with Gasteiger partial charge in [0.25, 0.3) is 5.91 Å². The smallest absolute Gasteiger partial charge is 0.290 e. The number of amides is 1. The summed E-state index contributed by atoms with van der Waals surface area (Å²) in [5.41, 5.74) is 2.56. The fraction of sp³-hybridized carbons (Fsp3) is 0.167. The van der Waals surface area contributed by atoms with Gasteiger partial charge in [-0.05, 0) is 24.3 Å². The number of imidazole rings is 1. The second kappa shape index (κ2) is 6.20. The summed E-state index contributed by atoms with van der Waals surface area (Å²) in [6.07, 6.45) is 6.90. The molecule has 4 aromatic rings. The van der Waals surface area contributed by atoms with E-state index >= 15 is 0 Å². The van der Waals surface area contributed by atoms with Crippen LogP contribution in [0.4, 0.5) is 0 Å². The van der Waals surface area contributed by atoms with Crippen molar-refractivity contribution in [3.63, 3.8) is 0 Å². The molecule has 1 atom stereocenters. The van der Waals surface area contributed by atoms with Crippen molar-refractivity contribution in [2.75, 3.05) is 0 Å². The highest BCUT2D eigenvalue weighted by Gasteiger charge is 2.37. The first-order valence-electron chi connectivity index (χ1n) is 8.39. The van der Waals surface area contributed by atoms with Crippen LogP contribution in [-0.2, 0) is 13.0 Å². The van der Waals surface area contributed by atoms with Crippen molar-refractivity contribution < 1.29 is 13.7 Å². The minimum atomic E-state index is -0.429. The van der Waals surface area contributed by atoms with Gasteiger partial charge < -0.3 is 18.8 Å². The number of aromatic nitrogens is 5. The molecule has 5 heterocycles. The summed E-state index contributed by atoms with van der Waals surface area (Å²) < 4.78 is 10.8. The quantitative estimate of drug-likeness (QED) is 0.595. The molecule has 27 heavy (non-hydrogen) atoms. The van der Waals surface area contributed by atoms with Crippen LogP contribution in [0.3, 0.4) is 0 Å². The summed E-state index contributed by atoms with van der Waals surface area (Å²) in [4.78, 5) is 30.5. The number of pyridine rings is 1. The van der Waals surface area contributed by atoms with Crippen LogP contribution in [0.2, 0.25) is 0 Å². The van der Waals surface area contributed by atoms with Crippen LogP contribution in [0.1, 0.15) is 33.9 Å². The number of carbonyl (C=O) groups is 1. The van der Waals surface area contributed by atoms with E-state index in [0.717, 1.165) is 17.0 Å². The molecular formula is C18H14N6O3. The van der Waals surface area contributed by atoms with Crippen molar-refractivity contribution >= 4 is 5.91 Å². The van der Waals surface area contributed by atoms with E-state index in [1.54, 1.807) is 47.9 Å². The van der Waals surface area contributed by atoms with E-state index in [-0.39, 0.29) is 11.7 Å². The summed E-state index contributed by atoms with van der Waals surface area (Å²) in [5, 5.41) is 4.06. The molecule has 1 unspecified atom stereocenters. The maximum absolute atomic E-state index is 13.0. The lowest BCUT2D eigenvalue weighted by atomic mass is 10.0. The van der Waals surface area contributed by atoms with Crippen molar-refractivity contribution in [2.24, 2.45) is 0 Å². The highest BCUT2D eigenvalue weighted by Crippen LogP contribution is 2.33. The predicted octanol–water partition coefficient (Wildman–Crippen LogP) is 2.39. The first-order chi connectivity index (χ1) is 13.3. The van der Waals surface area contributed by atoms with Gasteiger partial charge in [-0.25, -0.2) is 4.98 Å². The van der Waals surface area contributed by atoms with E-state index in [9.17, 15) is 4.79 Å². The monoisotopic (exact) mass is 362 g/mol. The third kappa shape index (κ3) is 2.69. The van der Waals surface area contributed by atoms with Gasteiger partial charge in [0.15, 0.2) is 5.76 Å². The molecule has 0 saturated heterocycles. The molecule has 9 nitrogen and oxygen atoms in total. The van der Waals surface area contributed by atoms with Crippen LogP contribution in [0.15, 0.2) is 58.2 Å². The summed E-state index contributed by atoms with van der Waals surface area (Å²) in [6.45, 7) is 0.354. The molecule has 0 saturated carbocycles. The molecule has 134 valence electrons. The molecule has 0 radical (unpaired) electrons. The Kier molecular flexibility index (Phi) is 3.56. The van der Waals surface area contributed by atoms with Gasteiger partial charge in [-0.3, -0.25) is 9.78 Å². The number of fused-ring (bicyclic) bond motifs is 1. The van der Waals surface area contributed by atoms with Crippen LogP contribution in [0.5, 0.6) is 0 Å². The van der Waals surface area contributed by atoms with Crippen molar-refractivity contribution in [1.82, 2.24) is 30.0 Å². The van der Waals surface area contributed by atoms with Crippen molar-refractivity contribution in [1.29, 1.82) is 0 Å². The average Bonchev–Trinajstić information content (AvgIpc) is 3.48. The zero-order valence-electron chi connectivity index (χ0n) is 14.1. The molecule has 5 rings (SSSR count). The Labute approximate surface area is 153 Å². The maximum atomic E-state index is 13.0. The molecule has 0 aliphatic carbocycles. The van der Waals surface area contributed by atoms with Gasteiger partial charge in [0.05, 0.1) is 30.5 Å². The second-order valence-electron chi connectivity index (χ2n) is 6.15. The van der Waals surface area contributed by atoms with Crippen LogP contribution < -0.4 is 0 Å². The Morgan fingerprint density at radius 1 is 1.26 bits per heavy atom. The lowest BCUT2D eigenvalue weighted by Crippen LogP contribution is -2.39. The largest absolute Gasteiger partial charge is 0.459 e. The Bertz CT molecular complexity index is 1070. The molecular weight excluding hydrogens is 348 g/mol. The minimum absolute atomic E-state index is 0.242. The average molecular weight is 362 g/mol. The van der Waals surface area contributed by atoms with Gasteiger partial charge >= 0.3 is 0 Å². The molecule has 0 aromatic carbocycles. The van der Waals surface area contributed by atoms with Crippen LogP contribution >= 0.6 is 0 Å². The molecule has 0 spiro atoms. The van der Waals surface area contributed by atoms with Crippen LogP contribution in [0.25, 0.3) is 11.4 Å². The van der Waals surface area contributed by atoms with E-state index in [4.69, 9.17) is 8.94 Å². The van der Waals surface area contributed by atoms with Crippen LogP contribution in [0, 0.1) is 0 Å². The first-order valence-corrected chi connectivity index (χ1v) is 8.39. The SMILES string of the molecule is O=C(c1ccco1)N1Cc2[nH]cnc2CC1c1nc(-c2ccncc2)no1. The Morgan fingerprint density at radius 2 is 2.15 bits per heavy atom. The van der Waals surface area contributed by atoms with Gasteiger partial charge in [0.1, 0.15) is 6.04 Å². The van der Waals surface area contributed by atoms with Gasteiger partial charge in [-0.15, -0.1) is 0 Å². The number of nitrogens with one attached hydrogen (secondary N) is 1. The standard InChI is InChI=1S/C18H14N6O3/c25-18(15-2-1-7-26-15)24-9-13-12(20-10-21-13)8-14(24)17-22-16(23-27-17)11-3-5-19-6-4-11/h1-7,10,14H,8-9H2,(H,20,21). The molecule has 0 fully saturated rings. The first kappa shape index (κ1) is 15.5. The van der Waals surface area contributed by atoms with E-state index in [0.29, 0.717) is 24.7 Å². The summed E-state index contributed by atoms with van der Waals surface area (Å²) in [5.74, 6) is 0.826. The maximum Gasteiger partial charge on any atom is 0.290 e. The molecule has 1 N–H and O–H groups in total. The van der Waals surface area contributed by atoms with Gasteiger partial charge in [0, 0.05) is 24.4 Å². The predicted molar refractivity (Wildman–Crippen MR) is 91.1 cm³/mol.